The van der Waals surface area contributed by atoms with E-state index in [1.54, 1.807) is 0 Å². The molecule has 3 nitrogen and oxygen atoms in total. The first-order chi connectivity index (χ1) is 7.38. The van der Waals surface area contributed by atoms with Crippen molar-refractivity contribution < 1.29 is 0 Å². The largest absolute Gasteiger partial charge is 0.335 e. The lowest BCUT2D eigenvalue weighted by Crippen LogP contribution is -2.31. The van der Waals surface area contributed by atoms with E-state index in [1.807, 2.05) is 6.20 Å². The molecule has 17 heavy (non-hydrogen) atoms. The zero-order chi connectivity index (χ0) is 12.2. The van der Waals surface area contributed by atoms with Crippen molar-refractivity contribution in [3.05, 3.63) is 18.2 Å². The molecule has 0 fully saturated rings. The predicted molar refractivity (Wildman–Crippen MR) is 75.7 cm³/mol. The van der Waals surface area contributed by atoms with Crippen molar-refractivity contribution in [3.8, 4) is 0 Å². The van der Waals surface area contributed by atoms with E-state index in [0.717, 1.165) is 25.5 Å². The topological polar surface area (TPSA) is 29.9 Å². The van der Waals surface area contributed by atoms with Gasteiger partial charge in [-0.15, -0.1) is 12.4 Å². The number of hydrogen-bond donors (Lipinski definition) is 1. The summed E-state index contributed by atoms with van der Waals surface area (Å²) in [7, 11) is 0. The lowest BCUT2D eigenvalue weighted by Gasteiger charge is -2.21. The van der Waals surface area contributed by atoms with Gasteiger partial charge in [0.2, 0.25) is 0 Å². The lowest BCUT2D eigenvalue weighted by atomic mass is 9.97. The predicted octanol–water partition coefficient (Wildman–Crippen LogP) is 2.89. The fourth-order valence-electron chi connectivity index (χ4n) is 1.69. The van der Waals surface area contributed by atoms with Crippen LogP contribution >= 0.6 is 12.4 Å². The SMILES string of the molecule is Cc1nccn1CC(C)CNCC(C)(C)C.Cl. The maximum Gasteiger partial charge on any atom is 0.105 e. The molecular weight excluding hydrogens is 234 g/mol. The molecule has 1 rings (SSSR count). The molecule has 4 heteroatoms. The minimum atomic E-state index is 0. The number of hydrogen-bond acceptors (Lipinski definition) is 2. The van der Waals surface area contributed by atoms with Gasteiger partial charge < -0.3 is 9.88 Å². The van der Waals surface area contributed by atoms with Crippen LogP contribution in [-0.2, 0) is 6.54 Å². The number of aryl methyl sites for hydroxylation is 1. The molecule has 0 radical (unpaired) electrons. The van der Waals surface area contributed by atoms with E-state index in [0.29, 0.717) is 11.3 Å². The summed E-state index contributed by atoms with van der Waals surface area (Å²) >= 11 is 0. The monoisotopic (exact) mass is 259 g/mol. The van der Waals surface area contributed by atoms with Crippen molar-refractivity contribution in [1.29, 1.82) is 0 Å². The van der Waals surface area contributed by atoms with Crippen LogP contribution in [0.1, 0.15) is 33.5 Å². The number of halogens is 1. The summed E-state index contributed by atoms with van der Waals surface area (Å²) in [5.74, 6) is 1.73. The third kappa shape index (κ3) is 6.69. The van der Waals surface area contributed by atoms with Crippen molar-refractivity contribution >= 4 is 12.4 Å². The van der Waals surface area contributed by atoms with Gasteiger partial charge in [-0.1, -0.05) is 27.7 Å². The Balaban J connectivity index is 0.00000256. The number of nitrogens with one attached hydrogen (secondary N) is 1. The van der Waals surface area contributed by atoms with Gasteiger partial charge in [-0.05, 0) is 24.8 Å². The molecule has 0 aliphatic heterocycles. The van der Waals surface area contributed by atoms with Gasteiger partial charge >= 0.3 is 0 Å². The second kappa shape index (κ2) is 7.02. The third-order valence-electron chi connectivity index (χ3n) is 2.58. The molecule has 1 aromatic rings. The van der Waals surface area contributed by atoms with Crippen LogP contribution in [0.3, 0.4) is 0 Å². The number of imidazole rings is 1. The van der Waals surface area contributed by atoms with Gasteiger partial charge in [0.05, 0.1) is 0 Å². The summed E-state index contributed by atoms with van der Waals surface area (Å²) in [6, 6.07) is 0. The Kier molecular flexibility index (Phi) is 6.80. The fourth-order valence-corrected chi connectivity index (χ4v) is 1.69. The van der Waals surface area contributed by atoms with Crippen molar-refractivity contribution in [2.45, 2.75) is 41.2 Å². The molecule has 0 saturated heterocycles. The second-order valence-corrected chi connectivity index (χ2v) is 5.92. The van der Waals surface area contributed by atoms with Crippen molar-refractivity contribution in [2.75, 3.05) is 13.1 Å². The van der Waals surface area contributed by atoms with E-state index < -0.39 is 0 Å². The van der Waals surface area contributed by atoms with Gasteiger partial charge in [0, 0.05) is 25.5 Å². The van der Waals surface area contributed by atoms with Crippen molar-refractivity contribution in [2.24, 2.45) is 11.3 Å². The van der Waals surface area contributed by atoms with Crippen LogP contribution < -0.4 is 5.32 Å². The highest BCUT2D eigenvalue weighted by atomic mass is 35.5. The second-order valence-electron chi connectivity index (χ2n) is 5.92. The highest BCUT2D eigenvalue weighted by Gasteiger charge is 2.10. The van der Waals surface area contributed by atoms with Crippen LogP contribution in [0.25, 0.3) is 0 Å². The van der Waals surface area contributed by atoms with Crippen LogP contribution in [0.4, 0.5) is 0 Å². The van der Waals surface area contributed by atoms with E-state index in [-0.39, 0.29) is 12.4 Å². The first-order valence-electron chi connectivity index (χ1n) is 6.07. The van der Waals surface area contributed by atoms with Crippen LogP contribution in [-0.4, -0.2) is 22.6 Å². The molecule has 100 valence electrons. The van der Waals surface area contributed by atoms with Gasteiger partial charge in [0.25, 0.3) is 0 Å². The van der Waals surface area contributed by atoms with Crippen LogP contribution in [0.2, 0.25) is 0 Å². The molecule has 0 aliphatic rings. The molecule has 0 amide bonds. The summed E-state index contributed by atoms with van der Waals surface area (Å²) in [6.07, 6.45) is 3.92. The Hall–Kier alpha value is -0.540. The molecule has 1 N–H and O–H groups in total. The molecule has 1 aromatic heterocycles. The quantitative estimate of drug-likeness (QED) is 0.881. The standard InChI is InChI=1S/C13H25N3.ClH/c1-11(8-14-10-13(3,4)5)9-16-7-6-15-12(16)2;/h6-7,11,14H,8-10H2,1-5H3;1H. The third-order valence-corrected chi connectivity index (χ3v) is 2.58. The Bertz CT molecular complexity index is 315. The highest BCUT2D eigenvalue weighted by Crippen LogP contribution is 2.10. The Morgan fingerprint density at radius 1 is 1.41 bits per heavy atom. The molecule has 1 unspecified atom stereocenters. The molecule has 0 bridgehead atoms. The highest BCUT2D eigenvalue weighted by molar-refractivity contribution is 5.85. The first kappa shape index (κ1) is 16.5. The minimum Gasteiger partial charge on any atom is -0.335 e. The van der Waals surface area contributed by atoms with Crippen molar-refractivity contribution in [1.82, 2.24) is 14.9 Å². The molecule has 1 heterocycles. The van der Waals surface area contributed by atoms with E-state index >= 15 is 0 Å². The normalized spacial score (nSPS) is 13.2. The molecule has 0 aliphatic carbocycles. The van der Waals surface area contributed by atoms with Crippen LogP contribution in [0, 0.1) is 18.3 Å². The average Bonchev–Trinajstić information content (AvgIpc) is 2.49. The summed E-state index contributed by atoms with van der Waals surface area (Å²) < 4.78 is 2.21. The van der Waals surface area contributed by atoms with Crippen molar-refractivity contribution in [3.63, 3.8) is 0 Å². The molecule has 1 atom stereocenters. The number of aromatic nitrogens is 2. The van der Waals surface area contributed by atoms with Crippen LogP contribution in [0.15, 0.2) is 12.4 Å². The Labute approximate surface area is 111 Å². The molecular formula is C13H26ClN3. The Morgan fingerprint density at radius 3 is 2.53 bits per heavy atom. The summed E-state index contributed by atoms with van der Waals surface area (Å²) in [4.78, 5) is 4.23. The van der Waals surface area contributed by atoms with Gasteiger partial charge in [0.15, 0.2) is 0 Å². The summed E-state index contributed by atoms with van der Waals surface area (Å²) in [5.41, 5.74) is 0.366. The summed E-state index contributed by atoms with van der Waals surface area (Å²) in [6.45, 7) is 14.3. The molecule has 0 spiro atoms. The maximum absolute atomic E-state index is 4.23. The zero-order valence-corrected chi connectivity index (χ0v) is 12.5. The Morgan fingerprint density at radius 2 is 2.06 bits per heavy atom. The van der Waals surface area contributed by atoms with E-state index in [4.69, 9.17) is 0 Å². The summed E-state index contributed by atoms with van der Waals surface area (Å²) in [5, 5.41) is 3.52. The van der Waals surface area contributed by atoms with E-state index in [1.165, 1.54) is 0 Å². The van der Waals surface area contributed by atoms with Gasteiger partial charge in [0.1, 0.15) is 5.82 Å². The lowest BCUT2D eigenvalue weighted by molar-refractivity contribution is 0.351. The molecule has 0 aromatic carbocycles. The van der Waals surface area contributed by atoms with Gasteiger partial charge in [-0.25, -0.2) is 4.98 Å². The zero-order valence-electron chi connectivity index (χ0n) is 11.7. The van der Waals surface area contributed by atoms with Gasteiger partial charge in [-0.3, -0.25) is 0 Å². The first-order valence-corrected chi connectivity index (χ1v) is 6.07. The molecule has 0 saturated carbocycles. The number of rotatable bonds is 5. The number of nitrogens with zero attached hydrogens (tertiary/aromatic N) is 2. The minimum absolute atomic E-state index is 0. The van der Waals surface area contributed by atoms with Crippen LogP contribution in [0.5, 0.6) is 0 Å². The van der Waals surface area contributed by atoms with E-state index in [2.05, 4.69) is 55.7 Å². The smallest absolute Gasteiger partial charge is 0.105 e. The van der Waals surface area contributed by atoms with Gasteiger partial charge in [-0.2, -0.15) is 0 Å². The maximum atomic E-state index is 4.23. The average molecular weight is 260 g/mol. The van der Waals surface area contributed by atoms with E-state index in [9.17, 15) is 0 Å². The fraction of sp³-hybridized carbons (Fsp3) is 0.769.